The van der Waals surface area contributed by atoms with Crippen LogP contribution >= 0.6 is 0 Å². The van der Waals surface area contributed by atoms with E-state index in [9.17, 15) is 9.00 Å². The number of carbonyl (C=O) groups is 1. The Morgan fingerprint density at radius 1 is 1.10 bits per heavy atom. The van der Waals surface area contributed by atoms with Gasteiger partial charge in [0.25, 0.3) is 0 Å². The number of hydrogen-bond acceptors (Lipinski definition) is 3. The van der Waals surface area contributed by atoms with Gasteiger partial charge in [0.05, 0.1) is 22.1 Å². The van der Waals surface area contributed by atoms with Gasteiger partial charge < -0.3 is 4.74 Å². The lowest BCUT2D eigenvalue weighted by molar-refractivity contribution is 0.112. The zero-order valence-corrected chi connectivity index (χ0v) is 12.1. The second-order valence-electron chi connectivity index (χ2n) is 4.37. The Labute approximate surface area is 121 Å². The van der Waals surface area contributed by atoms with Crippen LogP contribution in [0.3, 0.4) is 0 Å². The third-order valence-corrected chi connectivity index (χ3v) is 4.19. The first-order chi connectivity index (χ1) is 9.70. The van der Waals surface area contributed by atoms with Crippen molar-refractivity contribution < 1.29 is 13.7 Å². The second kappa shape index (κ2) is 7.01. The van der Waals surface area contributed by atoms with Crippen LogP contribution in [0.4, 0.5) is 0 Å². The zero-order chi connectivity index (χ0) is 14.4. The third-order valence-electron chi connectivity index (χ3n) is 2.86. The predicted molar refractivity (Wildman–Crippen MR) is 79.8 cm³/mol. The van der Waals surface area contributed by atoms with Crippen LogP contribution in [-0.2, 0) is 10.8 Å². The van der Waals surface area contributed by atoms with Gasteiger partial charge in [-0.2, -0.15) is 0 Å². The lowest BCUT2D eigenvalue weighted by atomic mass is 10.2. The molecule has 0 aliphatic carbocycles. The van der Waals surface area contributed by atoms with Gasteiger partial charge in [-0.3, -0.25) is 9.00 Å². The van der Waals surface area contributed by atoms with Crippen LogP contribution in [0, 0.1) is 6.92 Å². The SMILES string of the molecule is Cc1ccc(S(=O)CCOc2ccccc2C=O)cc1. The predicted octanol–water partition coefficient (Wildman–Crippen LogP) is 2.99. The summed E-state index contributed by atoms with van der Waals surface area (Å²) < 4.78 is 17.6. The topological polar surface area (TPSA) is 43.4 Å². The van der Waals surface area contributed by atoms with Gasteiger partial charge in [0.1, 0.15) is 12.4 Å². The van der Waals surface area contributed by atoms with Gasteiger partial charge in [-0.15, -0.1) is 0 Å². The average molecular weight is 288 g/mol. The molecule has 0 aromatic heterocycles. The maximum Gasteiger partial charge on any atom is 0.153 e. The molecular formula is C16H16O3S. The molecule has 0 bridgehead atoms. The van der Waals surface area contributed by atoms with E-state index in [0.717, 1.165) is 16.7 Å². The van der Waals surface area contributed by atoms with Crippen molar-refractivity contribution in [3.63, 3.8) is 0 Å². The van der Waals surface area contributed by atoms with Crippen LogP contribution in [0.5, 0.6) is 5.75 Å². The molecule has 1 atom stereocenters. The Morgan fingerprint density at radius 3 is 2.50 bits per heavy atom. The molecule has 0 amide bonds. The summed E-state index contributed by atoms with van der Waals surface area (Å²) in [7, 11) is -1.09. The van der Waals surface area contributed by atoms with Crippen molar-refractivity contribution in [2.45, 2.75) is 11.8 Å². The minimum absolute atomic E-state index is 0.311. The van der Waals surface area contributed by atoms with Crippen molar-refractivity contribution in [3.05, 3.63) is 59.7 Å². The second-order valence-corrected chi connectivity index (χ2v) is 5.94. The van der Waals surface area contributed by atoms with Crippen molar-refractivity contribution in [2.75, 3.05) is 12.4 Å². The molecule has 0 aliphatic rings. The molecule has 4 heteroatoms. The number of benzene rings is 2. The fourth-order valence-corrected chi connectivity index (χ4v) is 2.65. The summed E-state index contributed by atoms with van der Waals surface area (Å²) in [6.07, 6.45) is 0.756. The van der Waals surface area contributed by atoms with E-state index in [4.69, 9.17) is 4.74 Å². The smallest absolute Gasteiger partial charge is 0.153 e. The average Bonchev–Trinajstić information content (AvgIpc) is 2.48. The van der Waals surface area contributed by atoms with Crippen LogP contribution in [0.25, 0.3) is 0 Å². The molecule has 3 nitrogen and oxygen atoms in total. The maximum absolute atomic E-state index is 12.1. The molecule has 0 saturated carbocycles. The van der Waals surface area contributed by atoms with Gasteiger partial charge in [-0.25, -0.2) is 0 Å². The summed E-state index contributed by atoms with van der Waals surface area (Å²) >= 11 is 0. The lowest BCUT2D eigenvalue weighted by Gasteiger charge is -2.08. The summed E-state index contributed by atoms with van der Waals surface area (Å²) in [6.45, 7) is 2.30. The van der Waals surface area contributed by atoms with Crippen molar-refractivity contribution in [1.29, 1.82) is 0 Å². The molecular weight excluding hydrogens is 272 g/mol. The van der Waals surface area contributed by atoms with E-state index in [0.29, 0.717) is 23.7 Å². The standard InChI is InChI=1S/C16H16O3S/c1-13-6-8-15(9-7-13)20(18)11-10-19-16-5-3-2-4-14(16)12-17/h2-9,12H,10-11H2,1H3. The van der Waals surface area contributed by atoms with Crippen molar-refractivity contribution in [1.82, 2.24) is 0 Å². The number of carbonyl (C=O) groups excluding carboxylic acids is 1. The molecule has 0 saturated heterocycles. The van der Waals surface area contributed by atoms with Gasteiger partial charge in [-0.1, -0.05) is 29.8 Å². The largest absolute Gasteiger partial charge is 0.492 e. The molecule has 104 valence electrons. The van der Waals surface area contributed by atoms with Crippen molar-refractivity contribution >= 4 is 17.1 Å². The molecule has 1 unspecified atom stereocenters. The number of hydrogen-bond donors (Lipinski definition) is 0. The van der Waals surface area contributed by atoms with E-state index in [2.05, 4.69) is 0 Å². The minimum atomic E-state index is -1.09. The Bertz CT molecular complexity index is 605. The number of aryl methyl sites for hydroxylation is 1. The number of aldehydes is 1. The van der Waals surface area contributed by atoms with Gasteiger partial charge in [0, 0.05) is 4.90 Å². The summed E-state index contributed by atoms with van der Waals surface area (Å²) in [5, 5.41) is 0. The Hall–Kier alpha value is -1.94. The Balaban J connectivity index is 1.91. The number of ether oxygens (including phenoxy) is 1. The van der Waals surface area contributed by atoms with Crippen molar-refractivity contribution in [3.8, 4) is 5.75 Å². The summed E-state index contributed by atoms with van der Waals surface area (Å²) in [6, 6.07) is 14.6. The Kier molecular flexibility index (Phi) is 5.07. The quantitative estimate of drug-likeness (QED) is 0.767. The molecule has 0 aliphatic heterocycles. The molecule has 0 N–H and O–H groups in total. The highest BCUT2D eigenvalue weighted by Crippen LogP contribution is 2.16. The molecule has 2 rings (SSSR count). The monoisotopic (exact) mass is 288 g/mol. The van der Waals surface area contributed by atoms with Crippen LogP contribution < -0.4 is 4.74 Å². The van der Waals surface area contributed by atoms with E-state index < -0.39 is 10.8 Å². The van der Waals surface area contributed by atoms with Crippen LogP contribution in [0.15, 0.2) is 53.4 Å². The fourth-order valence-electron chi connectivity index (χ4n) is 1.74. The molecule has 0 radical (unpaired) electrons. The minimum Gasteiger partial charge on any atom is -0.492 e. The molecule has 0 spiro atoms. The van der Waals surface area contributed by atoms with E-state index in [1.54, 1.807) is 24.3 Å². The first-order valence-corrected chi connectivity index (χ1v) is 7.64. The first-order valence-electron chi connectivity index (χ1n) is 6.33. The highest BCUT2D eigenvalue weighted by atomic mass is 32.2. The van der Waals surface area contributed by atoms with Gasteiger partial charge in [-0.05, 0) is 31.2 Å². The number of rotatable bonds is 6. The van der Waals surface area contributed by atoms with E-state index >= 15 is 0 Å². The molecule has 20 heavy (non-hydrogen) atoms. The first kappa shape index (κ1) is 14.5. The van der Waals surface area contributed by atoms with Crippen LogP contribution in [0.2, 0.25) is 0 Å². The summed E-state index contributed by atoms with van der Waals surface area (Å²) in [5.41, 5.74) is 1.65. The highest BCUT2D eigenvalue weighted by Gasteiger charge is 2.05. The third kappa shape index (κ3) is 3.78. The highest BCUT2D eigenvalue weighted by molar-refractivity contribution is 7.85. The summed E-state index contributed by atoms with van der Waals surface area (Å²) in [4.78, 5) is 11.6. The lowest BCUT2D eigenvalue weighted by Crippen LogP contribution is -2.09. The van der Waals surface area contributed by atoms with Crippen LogP contribution in [0.1, 0.15) is 15.9 Å². The molecule has 0 heterocycles. The molecule has 2 aromatic rings. The number of para-hydroxylation sites is 1. The van der Waals surface area contributed by atoms with E-state index in [-0.39, 0.29) is 0 Å². The van der Waals surface area contributed by atoms with E-state index in [1.807, 2.05) is 31.2 Å². The zero-order valence-electron chi connectivity index (χ0n) is 11.2. The summed E-state index contributed by atoms with van der Waals surface area (Å²) in [5.74, 6) is 0.930. The van der Waals surface area contributed by atoms with Gasteiger partial charge in [0.15, 0.2) is 6.29 Å². The molecule has 2 aromatic carbocycles. The van der Waals surface area contributed by atoms with Crippen molar-refractivity contribution in [2.24, 2.45) is 0 Å². The Morgan fingerprint density at radius 2 is 1.80 bits per heavy atom. The fraction of sp³-hybridized carbons (Fsp3) is 0.188. The normalized spacial score (nSPS) is 11.8. The maximum atomic E-state index is 12.1. The van der Waals surface area contributed by atoms with Gasteiger partial charge >= 0.3 is 0 Å². The van der Waals surface area contributed by atoms with Gasteiger partial charge in [0.2, 0.25) is 0 Å². The molecule has 0 fully saturated rings. The van der Waals surface area contributed by atoms with E-state index in [1.165, 1.54) is 0 Å². The van der Waals surface area contributed by atoms with Crippen LogP contribution in [-0.4, -0.2) is 22.9 Å².